The molecular weight excluding hydrogens is 284 g/mol. The first-order chi connectivity index (χ1) is 10.4. The van der Waals surface area contributed by atoms with E-state index in [1.54, 1.807) is 0 Å². The monoisotopic (exact) mass is 308 g/mol. The third-order valence-electron chi connectivity index (χ3n) is 4.42. The van der Waals surface area contributed by atoms with E-state index in [9.17, 15) is 14.4 Å². The van der Waals surface area contributed by atoms with Gasteiger partial charge in [0, 0.05) is 7.05 Å². The van der Waals surface area contributed by atoms with E-state index in [4.69, 9.17) is 4.84 Å². The summed E-state index contributed by atoms with van der Waals surface area (Å²) in [5.74, 6) is -1.24. The molecule has 0 saturated carbocycles. The summed E-state index contributed by atoms with van der Waals surface area (Å²) in [4.78, 5) is 44.0. The number of nitrogens with zero attached hydrogens (tertiary/aromatic N) is 2. The minimum atomic E-state index is -0.782. The van der Waals surface area contributed by atoms with Gasteiger partial charge in [-0.05, 0) is 25.2 Å². The van der Waals surface area contributed by atoms with E-state index in [1.165, 1.54) is 19.1 Å². The molecule has 122 valence electrons. The lowest BCUT2D eigenvalue weighted by Gasteiger charge is -2.29. The van der Waals surface area contributed by atoms with Crippen molar-refractivity contribution in [3.63, 3.8) is 0 Å². The molecule has 0 aromatic heterocycles. The molecule has 2 aliphatic rings. The highest BCUT2D eigenvalue weighted by molar-refractivity contribution is 6.08. The fourth-order valence-corrected chi connectivity index (χ4v) is 3.20. The molecule has 1 saturated heterocycles. The minimum absolute atomic E-state index is 0.181. The molecule has 1 fully saturated rings. The number of carbonyl (C=O) groups excluding carboxylic acids is 3. The Morgan fingerprint density at radius 2 is 1.77 bits per heavy atom. The quantitative estimate of drug-likeness (QED) is 0.437. The molecule has 1 heterocycles. The molecule has 3 atom stereocenters. The van der Waals surface area contributed by atoms with E-state index in [-0.39, 0.29) is 35.5 Å². The fraction of sp³-hybridized carbons (Fsp3) is 0.688. The second-order valence-electron chi connectivity index (χ2n) is 6.37. The lowest BCUT2D eigenvalue weighted by atomic mass is 9.85. The van der Waals surface area contributed by atoms with Crippen LogP contribution in [0, 0.1) is 17.8 Å². The number of carbonyl (C=O) groups is 3. The van der Waals surface area contributed by atoms with Crippen molar-refractivity contribution in [3.05, 3.63) is 12.2 Å². The number of allylic oxidation sites excluding steroid dienone is 2. The van der Waals surface area contributed by atoms with Crippen LogP contribution in [0.3, 0.4) is 0 Å². The zero-order valence-electron chi connectivity index (χ0n) is 13.6. The topological polar surface area (TPSA) is 66.9 Å². The van der Waals surface area contributed by atoms with Gasteiger partial charge in [0.15, 0.2) is 0 Å². The van der Waals surface area contributed by atoms with Crippen molar-refractivity contribution in [1.29, 1.82) is 0 Å². The van der Waals surface area contributed by atoms with Crippen LogP contribution in [-0.2, 0) is 19.2 Å². The van der Waals surface area contributed by atoms with Crippen molar-refractivity contribution >= 4 is 17.7 Å². The number of hydroxylamine groups is 2. The number of likely N-dealkylation sites (tertiary alicyclic amines) is 1. The zero-order chi connectivity index (χ0) is 16.4. The van der Waals surface area contributed by atoms with Crippen molar-refractivity contribution in [2.75, 3.05) is 14.2 Å². The molecule has 0 aromatic rings. The van der Waals surface area contributed by atoms with E-state index < -0.39 is 6.04 Å². The normalized spacial score (nSPS) is 25.6. The number of hydrogen-bond acceptors (Lipinski definition) is 4. The Morgan fingerprint density at radius 1 is 1.27 bits per heavy atom. The van der Waals surface area contributed by atoms with Gasteiger partial charge in [0.1, 0.15) is 6.04 Å². The van der Waals surface area contributed by atoms with E-state index >= 15 is 0 Å². The van der Waals surface area contributed by atoms with Crippen LogP contribution in [0.1, 0.15) is 33.1 Å². The van der Waals surface area contributed by atoms with Crippen LogP contribution >= 0.6 is 0 Å². The zero-order valence-corrected chi connectivity index (χ0v) is 13.6. The molecular formula is C16H24N2O4. The number of hydrogen-bond donors (Lipinski definition) is 0. The van der Waals surface area contributed by atoms with Gasteiger partial charge in [-0.2, -0.15) is 0 Å². The molecule has 0 N–H and O–H groups in total. The number of imide groups is 1. The fourth-order valence-electron chi connectivity index (χ4n) is 3.20. The molecule has 1 aliphatic heterocycles. The Kier molecular flexibility index (Phi) is 5.01. The Bertz CT molecular complexity index is 474. The third kappa shape index (κ3) is 2.92. The first kappa shape index (κ1) is 16.7. The maximum absolute atomic E-state index is 12.6. The lowest BCUT2D eigenvalue weighted by molar-refractivity contribution is -0.178. The van der Waals surface area contributed by atoms with Gasteiger partial charge in [0.05, 0.1) is 18.9 Å². The highest BCUT2D eigenvalue weighted by Crippen LogP contribution is 2.37. The first-order valence-corrected chi connectivity index (χ1v) is 7.72. The van der Waals surface area contributed by atoms with Crippen LogP contribution in [0.2, 0.25) is 0 Å². The van der Waals surface area contributed by atoms with E-state index in [0.717, 1.165) is 5.06 Å². The SMILES string of the molecule is CON(C)C(=O)C(CC(C)C)N1C(=O)C2CC=CCC2C1=O. The van der Waals surface area contributed by atoms with Crippen LogP contribution in [0.5, 0.6) is 0 Å². The standard InChI is InChI=1S/C16H24N2O4/c1-10(2)9-13(16(21)17(3)22-4)18-14(19)11-7-5-6-8-12(11)15(18)20/h5-6,10-13H,7-9H2,1-4H3. The molecule has 0 bridgehead atoms. The molecule has 3 amide bonds. The molecule has 2 rings (SSSR count). The number of rotatable bonds is 5. The van der Waals surface area contributed by atoms with Gasteiger partial charge in [-0.3, -0.25) is 24.1 Å². The van der Waals surface area contributed by atoms with E-state index in [0.29, 0.717) is 19.3 Å². The largest absolute Gasteiger partial charge is 0.274 e. The van der Waals surface area contributed by atoms with Crippen LogP contribution < -0.4 is 0 Å². The highest BCUT2D eigenvalue weighted by Gasteiger charge is 2.51. The average molecular weight is 308 g/mol. The van der Waals surface area contributed by atoms with Crippen molar-refractivity contribution in [3.8, 4) is 0 Å². The Labute approximate surface area is 131 Å². The minimum Gasteiger partial charge on any atom is -0.274 e. The second kappa shape index (κ2) is 6.60. The summed E-state index contributed by atoms with van der Waals surface area (Å²) < 4.78 is 0. The van der Waals surface area contributed by atoms with Gasteiger partial charge in [-0.1, -0.05) is 26.0 Å². The third-order valence-corrected chi connectivity index (χ3v) is 4.42. The summed E-state index contributed by atoms with van der Waals surface area (Å²) in [7, 11) is 2.89. The number of fused-ring (bicyclic) bond motifs is 1. The Balaban J connectivity index is 2.29. The van der Waals surface area contributed by atoms with Crippen molar-refractivity contribution in [1.82, 2.24) is 9.96 Å². The van der Waals surface area contributed by atoms with Crippen LogP contribution in [-0.4, -0.2) is 47.9 Å². The molecule has 6 nitrogen and oxygen atoms in total. The van der Waals surface area contributed by atoms with Gasteiger partial charge in [-0.15, -0.1) is 0 Å². The van der Waals surface area contributed by atoms with Crippen LogP contribution in [0.4, 0.5) is 0 Å². The highest BCUT2D eigenvalue weighted by atomic mass is 16.7. The number of amides is 3. The summed E-state index contributed by atoms with van der Waals surface area (Å²) in [5, 5.41) is 1.09. The molecule has 0 spiro atoms. The average Bonchev–Trinajstić information content (AvgIpc) is 2.75. The summed E-state index contributed by atoms with van der Waals surface area (Å²) >= 11 is 0. The predicted octanol–water partition coefficient (Wildman–Crippen LogP) is 1.37. The smallest absolute Gasteiger partial charge is 0.269 e. The summed E-state index contributed by atoms with van der Waals surface area (Å²) in [6.07, 6.45) is 5.48. The summed E-state index contributed by atoms with van der Waals surface area (Å²) in [5.41, 5.74) is 0. The van der Waals surface area contributed by atoms with Gasteiger partial charge in [0.25, 0.3) is 5.91 Å². The van der Waals surface area contributed by atoms with E-state index in [2.05, 4.69) is 0 Å². The molecule has 0 aromatic carbocycles. The van der Waals surface area contributed by atoms with Crippen LogP contribution in [0.25, 0.3) is 0 Å². The second-order valence-corrected chi connectivity index (χ2v) is 6.37. The van der Waals surface area contributed by atoms with Gasteiger partial charge >= 0.3 is 0 Å². The van der Waals surface area contributed by atoms with Gasteiger partial charge in [0.2, 0.25) is 11.8 Å². The van der Waals surface area contributed by atoms with Crippen molar-refractivity contribution in [2.24, 2.45) is 17.8 Å². The lowest BCUT2D eigenvalue weighted by Crippen LogP contribution is -2.50. The van der Waals surface area contributed by atoms with Crippen molar-refractivity contribution < 1.29 is 19.2 Å². The van der Waals surface area contributed by atoms with Gasteiger partial charge in [-0.25, -0.2) is 5.06 Å². The summed E-state index contributed by atoms with van der Waals surface area (Å²) in [6, 6.07) is -0.782. The number of likely N-dealkylation sites (N-methyl/N-ethyl adjacent to an activating group) is 1. The maximum Gasteiger partial charge on any atom is 0.269 e. The maximum atomic E-state index is 12.6. The van der Waals surface area contributed by atoms with Crippen LogP contribution in [0.15, 0.2) is 12.2 Å². The molecule has 0 radical (unpaired) electrons. The Hall–Kier alpha value is -1.69. The molecule has 22 heavy (non-hydrogen) atoms. The van der Waals surface area contributed by atoms with Crippen molar-refractivity contribution in [2.45, 2.75) is 39.2 Å². The summed E-state index contributed by atoms with van der Waals surface area (Å²) in [6.45, 7) is 3.93. The van der Waals surface area contributed by atoms with Gasteiger partial charge < -0.3 is 0 Å². The first-order valence-electron chi connectivity index (χ1n) is 7.72. The molecule has 1 aliphatic carbocycles. The predicted molar refractivity (Wildman–Crippen MR) is 80.2 cm³/mol. The molecule has 3 unspecified atom stereocenters. The molecule has 6 heteroatoms. The van der Waals surface area contributed by atoms with E-state index in [1.807, 2.05) is 26.0 Å². The Morgan fingerprint density at radius 3 is 2.18 bits per heavy atom.